The minimum atomic E-state index is -0.579. The van der Waals surface area contributed by atoms with Gasteiger partial charge in [0.2, 0.25) is 0 Å². The molecule has 2 rings (SSSR count). The number of benzene rings is 2. The predicted molar refractivity (Wildman–Crippen MR) is 73.5 cm³/mol. The van der Waals surface area contributed by atoms with Crippen molar-refractivity contribution in [2.24, 2.45) is 5.73 Å². The monoisotopic (exact) mass is 329 g/mol. The Morgan fingerprint density at radius 3 is 2.72 bits per heavy atom. The first kappa shape index (κ1) is 13.3. The van der Waals surface area contributed by atoms with Gasteiger partial charge in [0.05, 0.1) is 5.02 Å². The Balaban J connectivity index is 2.37. The second-order valence-electron chi connectivity index (χ2n) is 3.61. The van der Waals surface area contributed by atoms with Crippen LogP contribution in [0.25, 0.3) is 0 Å². The molecule has 0 heterocycles. The van der Waals surface area contributed by atoms with Crippen molar-refractivity contribution in [1.82, 2.24) is 0 Å². The highest BCUT2D eigenvalue weighted by atomic mass is 79.9. The molecule has 0 spiro atoms. The van der Waals surface area contributed by atoms with Crippen LogP contribution in [0.5, 0.6) is 11.5 Å². The summed E-state index contributed by atoms with van der Waals surface area (Å²) >= 11 is 9.03. The molecule has 2 N–H and O–H groups in total. The maximum absolute atomic E-state index is 13.7. The van der Waals surface area contributed by atoms with E-state index in [4.69, 9.17) is 22.1 Å². The van der Waals surface area contributed by atoms with Crippen molar-refractivity contribution in [3.63, 3.8) is 0 Å². The van der Waals surface area contributed by atoms with E-state index in [0.29, 0.717) is 12.3 Å². The quantitative estimate of drug-likeness (QED) is 0.899. The highest BCUT2D eigenvalue weighted by molar-refractivity contribution is 9.10. The third kappa shape index (κ3) is 2.83. The number of ether oxygens (including phenoxy) is 1. The van der Waals surface area contributed by atoms with Crippen molar-refractivity contribution < 1.29 is 9.13 Å². The minimum absolute atomic E-state index is 0.0268. The molecule has 0 unspecified atom stereocenters. The van der Waals surface area contributed by atoms with E-state index in [1.165, 1.54) is 12.1 Å². The number of nitrogens with two attached hydrogens (primary N) is 1. The molecule has 2 aromatic rings. The van der Waals surface area contributed by atoms with Gasteiger partial charge < -0.3 is 10.5 Å². The van der Waals surface area contributed by atoms with Crippen molar-refractivity contribution in [1.29, 1.82) is 0 Å². The molecule has 0 atom stereocenters. The normalized spacial score (nSPS) is 10.4. The molecule has 0 aromatic heterocycles. The van der Waals surface area contributed by atoms with Crippen molar-refractivity contribution >= 4 is 27.5 Å². The van der Waals surface area contributed by atoms with Crippen LogP contribution >= 0.6 is 27.5 Å². The van der Waals surface area contributed by atoms with Gasteiger partial charge in [0.25, 0.3) is 0 Å². The molecule has 2 nitrogen and oxygen atoms in total. The average Bonchev–Trinajstić information content (AvgIpc) is 2.37. The summed E-state index contributed by atoms with van der Waals surface area (Å²) in [4.78, 5) is 0. The van der Waals surface area contributed by atoms with Gasteiger partial charge in [-0.2, -0.15) is 0 Å². The van der Waals surface area contributed by atoms with Crippen LogP contribution in [0.4, 0.5) is 4.39 Å². The fraction of sp³-hybridized carbons (Fsp3) is 0.0769. The van der Waals surface area contributed by atoms with Gasteiger partial charge in [0, 0.05) is 16.6 Å². The zero-order valence-corrected chi connectivity index (χ0v) is 11.6. The van der Waals surface area contributed by atoms with Gasteiger partial charge in [-0.25, -0.2) is 4.39 Å². The largest absolute Gasteiger partial charge is 0.454 e. The lowest BCUT2D eigenvalue weighted by Gasteiger charge is -2.11. The van der Waals surface area contributed by atoms with E-state index < -0.39 is 5.82 Å². The molecule has 0 saturated carbocycles. The van der Waals surface area contributed by atoms with Crippen LogP contribution in [0, 0.1) is 5.82 Å². The summed E-state index contributed by atoms with van der Waals surface area (Å²) < 4.78 is 20.1. The van der Waals surface area contributed by atoms with Crippen molar-refractivity contribution in [3.05, 3.63) is 57.3 Å². The van der Waals surface area contributed by atoms with Gasteiger partial charge in [-0.1, -0.05) is 33.6 Å². The lowest BCUT2D eigenvalue weighted by atomic mass is 10.2. The maximum atomic E-state index is 13.7. The van der Waals surface area contributed by atoms with Crippen LogP contribution in [-0.4, -0.2) is 0 Å². The summed E-state index contributed by atoms with van der Waals surface area (Å²) in [6.07, 6.45) is 0. The van der Waals surface area contributed by atoms with E-state index in [0.717, 1.165) is 10.0 Å². The summed E-state index contributed by atoms with van der Waals surface area (Å²) in [6.45, 7) is 0.303. The van der Waals surface area contributed by atoms with E-state index >= 15 is 0 Å². The Hall–Kier alpha value is -1.10. The zero-order chi connectivity index (χ0) is 13.1. The molecular weight excluding hydrogens is 321 g/mol. The predicted octanol–water partition coefficient (Wildman–Crippen LogP) is 4.49. The van der Waals surface area contributed by atoms with Crippen LogP contribution in [-0.2, 0) is 6.54 Å². The lowest BCUT2D eigenvalue weighted by molar-refractivity contribution is 0.438. The van der Waals surface area contributed by atoms with Gasteiger partial charge in [-0.3, -0.25) is 0 Å². The molecule has 5 heteroatoms. The number of hydrogen-bond acceptors (Lipinski definition) is 2. The number of hydrogen-bond donors (Lipinski definition) is 1. The van der Waals surface area contributed by atoms with E-state index in [2.05, 4.69) is 15.9 Å². The molecule has 18 heavy (non-hydrogen) atoms. The molecular formula is C13H10BrClFNO. The van der Waals surface area contributed by atoms with Crippen LogP contribution in [0.15, 0.2) is 40.9 Å². The molecule has 0 radical (unpaired) electrons. The fourth-order valence-electron chi connectivity index (χ4n) is 1.49. The standard InChI is InChI=1S/C13H10BrClFNO/c14-9-4-5-11(8(6-9)7-17)18-12-3-1-2-10(15)13(12)16/h1-6H,7,17H2. The maximum Gasteiger partial charge on any atom is 0.184 e. The van der Waals surface area contributed by atoms with E-state index in [-0.39, 0.29) is 10.8 Å². The van der Waals surface area contributed by atoms with Gasteiger partial charge in [0.15, 0.2) is 11.6 Å². The second kappa shape index (κ2) is 5.69. The van der Waals surface area contributed by atoms with Crippen molar-refractivity contribution in [3.8, 4) is 11.5 Å². The third-order valence-corrected chi connectivity index (χ3v) is 3.16. The Labute approximate surface area is 118 Å². The molecule has 0 aliphatic carbocycles. The van der Waals surface area contributed by atoms with Crippen LogP contribution in [0.2, 0.25) is 5.02 Å². The Kier molecular flexibility index (Phi) is 4.22. The summed E-state index contributed by atoms with van der Waals surface area (Å²) in [6, 6.07) is 9.97. The number of halogens is 3. The molecule has 0 bridgehead atoms. The lowest BCUT2D eigenvalue weighted by Crippen LogP contribution is -2.00. The summed E-state index contributed by atoms with van der Waals surface area (Å²) in [5.41, 5.74) is 6.40. The second-order valence-corrected chi connectivity index (χ2v) is 4.93. The van der Waals surface area contributed by atoms with E-state index in [1.807, 2.05) is 6.07 Å². The van der Waals surface area contributed by atoms with Gasteiger partial charge in [0.1, 0.15) is 5.75 Å². The molecule has 94 valence electrons. The molecule has 0 aliphatic heterocycles. The Morgan fingerprint density at radius 1 is 1.22 bits per heavy atom. The highest BCUT2D eigenvalue weighted by Crippen LogP contribution is 2.31. The molecule has 0 fully saturated rings. The zero-order valence-electron chi connectivity index (χ0n) is 9.29. The Bertz CT molecular complexity index is 577. The number of rotatable bonds is 3. The van der Waals surface area contributed by atoms with E-state index in [1.54, 1.807) is 18.2 Å². The SMILES string of the molecule is NCc1cc(Br)ccc1Oc1cccc(Cl)c1F. The van der Waals surface area contributed by atoms with Crippen molar-refractivity contribution in [2.45, 2.75) is 6.54 Å². The highest BCUT2D eigenvalue weighted by Gasteiger charge is 2.10. The first-order valence-corrected chi connectivity index (χ1v) is 6.39. The average molecular weight is 331 g/mol. The first-order valence-electron chi connectivity index (χ1n) is 5.22. The summed E-state index contributed by atoms with van der Waals surface area (Å²) in [5, 5.41) is 0.0268. The van der Waals surface area contributed by atoms with Gasteiger partial charge >= 0.3 is 0 Å². The summed E-state index contributed by atoms with van der Waals surface area (Å²) in [5.74, 6) is 0.0199. The third-order valence-electron chi connectivity index (χ3n) is 2.38. The van der Waals surface area contributed by atoms with E-state index in [9.17, 15) is 4.39 Å². The molecule has 0 saturated heterocycles. The smallest absolute Gasteiger partial charge is 0.184 e. The molecule has 0 aliphatic rings. The Morgan fingerprint density at radius 2 is 2.00 bits per heavy atom. The minimum Gasteiger partial charge on any atom is -0.454 e. The summed E-state index contributed by atoms with van der Waals surface area (Å²) in [7, 11) is 0. The fourth-order valence-corrected chi connectivity index (χ4v) is 2.06. The molecule has 2 aromatic carbocycles. The van der Waals surface area contributed by atoms with Gasteiger partial charge in [-0.05, 0) is 30.3 Å². The van der Waals surface area contributed by atoms with Crippen LogP contribution < -0.4 is 10.5 Å². The van der Waals surface area contributed by atoms with Crippen molar-refractivity contribution in [2.75, 3.05) is 0 Å². The topological polar surface area (TPSA) is 35.2 Å². The van der Waals surface area contributed by atoms with Crippen LogP contribution in [0.3, 0.4) is 0 Å². The molecule has 0 amide bonds. The van der Waals surface area contributed by atoms with Crippen LogP contribution in [0.1, 0.15) is 5.56 Å². The first-order chi connectivity index (χ1) is 8.61. The van der Waals surface area contributed by atoms with Gasteiger partial charge in [-0.15, -0.1) is 0 Å².